The molecule has 23 heavy (non-hydrogen) atoms. The number of ether oxygens (including phenoxy) is 3. The number of esters is 1. The van der Waals surface area contributed by atoms with Gasteiger partial charge in [0.05, 0.1) is 20.3 Å². The normalized spacial score (nSPS) is 13.8. The van der Waals surface area contributed by atoms with Gasteiger partial charge in [0.2, 0.25) is 0 Å². The fourth-order valence-corrected chi connectivity index (χ4v) is 1.98. The van der Waals surface area contributed by atoms with E-state index in [4.69, 9.17) is 19.9 Å². The molecule has 1 unspecified atom stereocenters. The van der Waals surface area contributed by atoms with Crippen LogP contribution in [0.5, 0.6) is 11.5 Å². The summed E-state index contributed by atoms with van der Waals surface area (Å²) in [6.07, 6.45) is 0. The fourth-order valence-electron chi connectivity index (χ4n) is 1.98. The Labute approximate surface area is 135 Å². The van der Waals surface area contributed by atoms with Gasteiger partial charge in [0.1, 0.15) is 17.1 Å². The van der Waals surface area contributed by atoms with Crippen LogP contribution < -0.4 is 15.2 Å². The Morgan fingerprint density at radius 1 is 1.09 bits per heavy atom. The van der Waals surface area contributed by atoms with E-state index < -0.39 is 29.5 Å². The molecule has 1 rings (SSSR count). The van der Waals surface area contributed by atoms with Crippen LogP contribution in [0.4, 0.5) is 0 Å². The molecule has 128 valence electrons. The van der Waals surface area contributed by atoms with Gasteiger partial charge >= 0.3 is 11.9 Å². The minimum atomic E-state index is -1.54. The zero-order valence-corrected chi connectivity index (χ0v) is 14.0. The van der Waals surface area contributed by atoms with Gasteiger partial charge in [-0.2, -0.15) is 0 Å². The summed E-state index contributed by atoms with van der Waals surface area (Å²) in [4.78, 5) is 23.7. The van der Waals surface area contributed by atoms with Crippen molar-refractivity contribution in [2.45, 2.75) is 32.4 Å². The van der Waals surface area contributed by atoms with E-state index in [9.17, 15) is 14.7 Å². The first-order valence-electron chi connectivity index (χ1n) is 7.03. The average molecular weight is 325 g/mol. The molecule has 0 aliphatic heterocycles. The summed E-state index contributed by atoms with van der Waals surface area (Å²) in [6, 6.07) is 3.65. The van der Waals surface area contributed by atoms with Crippen molar-refractivity contribution in [2.75, 3.05) is 14.2 Å². The number of rotatable bonds is 6. The third kappa shape index (κ3) is 5.14. The molecule has 1 aromatic rings. The number of carbonyl (C=O) groups excluding carboxylic acids is 1. The van der Waals surface area contributed by atoms with Gasteiger partial charge in [0, 0.05) is 6.07 Å². The molecular weight excluding hydrogens is 302 g/mol. The molecule has 0 aromatic heterocycles. The van der Waals surface area contributed by atoms with Gasteiger partial charge in [-0.3, -0.25) is 9.59 Å². The standard InChI is InChI=1S/C16H23NO6/c1-16(2,3)23-15(20)12(14(18)19)13(17)9-6-10(21-4)8-11(7-9)22-5/h6-8,12-13H,17H2,1-5H3,(H,18,19)/t12-,13?/m1/s1. The van der Waals surface area contributed by atoms with Crippen LogP contribution in [0.1, 0.15) is 32.4 Å². The van der Waals surface area contributed by atoms with Crippen LogP contribution in [0.3, 0.4) is 0 Å². The van der Waals surface area contributed by atoms with Crippen molar-refractivity contribution in [3.63, 3.8) is 0 Å². The van der Waals surface area contributed by atoms with Crippen molar-refractivity contribution < 1.29 is 28.9 Å². The maximum absolute atomic E-state index is 12.2. The third-order valence-corrected chi connectivity index (χ3v) is 3.04. The molecule has 3 N–H and O–H groups in total. The Hall–Kier alpha value is -2.28. The maximum Gasteiger partial charge on any atom is 0.322 e. The van der Waals surface area contributed by atoms with Crippen LogP contribution in [-0.2, 0) is 14.3 Å². The lowest BCUT2D eigenvalue weighted by Gasteiger charge is -2.25. The number of carboxylic acids is 1. The molecule has 0 saturated heterocycles. The van der Waals surface area contributed by atoms with Crippen molar-refractivity contribution in [3.05, 3.63) is 23.8 Å². The molecule has 0 heterocycles. The molecule has 0 saturated carbocycles. The molecule has 7 heteroatoms. The van der Waals surface area contributed by atoms with E-state index in [1.54, 1.807) is 39.0 Å². The summed E-state index contributed by atoms with van der Waals surface area (Å²) in [5.41, 5.74) is 5.61. The highest BCUT2D eigenvalue weighted by Crippen LogP contribution is 2.30. The Kier molecular flexibility index (Phi) is 5.98. The van der Waals surface area contributed by atoms with Gasteiger partial charge in [-0.1, -0.05) is 0 Å². The second kappa shape index (κ2) is 7.32. The van der Waals surface area contributed by atoms with E-state index in [1.807, 2.05) is 0 Å². The van der Waals surface area contributed by atoms with E-state index in [2.05, 4.69) is 0 Å². The second-order valence-electron chi connectivity index (χ2n) is 6.02. The second-order valence-corrected chi connectivity index (χ2v) is 6.02. The van der Waals surface area contributed by atoms with Gasteiger partial charge in [-0.15, -0.1) is 0 Å². The van der Waals surface area contributed by atoms with E-state index in [0.717, 1.165) is 0 Å². The highest BCUT2D eigenvalue weighted by Gasteiger charge is 2.37. The quantitative estimate of drug-likeness (QED) is 0.606. The van der Waals surface area contributed by atoms with E-state index in [1.165, 1.54) is 14.2 Å². The van der Waals surface area contributed by atoms with Crippen molar-refractivity contribution in [1.29, 1.82) is 0 Å². The molecular formula is C16H23NO6. The van der Waals surface area contributed by atoms with Gasteiger partial charge in [-0.05, 0) is 38.5 Å². The summed E-state index contributed by atoms with van der Waals surface area (Å²) in [5.74, 6) is -2.88. The Morgan fingerprint density at radius 3 is 1.91 bits per heavy atom. The van der Waals surface area contributed by atoms with Crippen molar-refractivity contribution in [2.24, 2.45) is 11.7 Å². The maximum atomic E-state index is 12.2. The third-order valence-electron chi connectivity index (χ3n) is 3.04. The summed E-state index contributed by atoms with van der Waals surface area (Å²) in [5, 5.41) is 9.38. The number of nitrogens with two attached hydrogens (primary N) is 1. The molecule has 0 amide bonds. The molecule has 0 fully saturated rings. The van der Waals surface area contributed by atoms with Gasteiger partial charge in [-0.25, -0.2) is 0 Å². The Balaban J connectivity index is 3.18. The number of benzene rings is 1. The van der Waals surface area contributed by atoms with Crippen LogP contribution in [0.25, 0.3) is 0 Å². The first-order valence-corrected chi connectivity index (χ1v) is 7.03. The fraction of sp³-hybridized carbons (Fsp3) is 0.500. The molecule has 0 radical (unpaired) electrons. The minimum absolute atomic E-state index is 0.402. The number of hydrogen-bond donors (Lipinski definition) is 2. The topological polar surface area (TPSA) is 108 Å². The summed E-state index contributed by atoms with van der Waals surface area (Å²) >= 11 is 0. The van der Waals surface area contributed by atoms with Crippen LogP contribution in [0.15, 0.2) is 18.2 Å². The smallest absolute Gasteiger partial charge is 0.322 e. The molecule has 0 aliphatic carbocycles. The van der Waals surface area contributed by atoms with E-state index >= 15 is 0 Å². The van der Waals surface area contributed by atoms with Crippen LogP contribution in [0, 0.1) is 5.92 Å². The van der Waals surface area contributed by atoms with Crippen LogP contribution in [0.2, 0.25) is 0 Å². The zero-order chi connectivity index (χ0) is 17.8. The van der Waals surface area contributed by atoms with Crippen LogP contribution >= 0.6 is 0 Å². The van der Waals surface area contributed by atoms with Gasteiger partial charge < -0.3 is 25.1 Å². The Morgan fingerprint density at radius 2 is 1.57 bits per heavy atom. The zero-order valence-electron chi connectivity index (χ0n) is 14.0. The molecule has 0 bridgehead atoms. The van der Waals surface area contributed by atoms with Gasteiger partial charge in [0.15, 0.2) is 5.92 Å². The van der Waals surface area contributed by atoms with E-state index in [0.29, 0.717) is 17.1 Å². The lowest BCUT2D eigenvalue weighted by molar-refractivity contribution is -0.167. The lowest BCUT2D eigenvalue weighted by Crippen LogP contribution is -2.39. The monoisotopic (exact) mass is 325 g/mol. The Bertz CT molecular complexity index is 556. The minimum Gasteiger partial charge on any atom is -0.497 e. The number of carbonyl (C=O) groups is 2. The van der Waals surface area contributed by atoms with E-state index in [-0.39, 0.29) is 0 Å². The van der Waals surface area contributed by atoms with Crippen molar-refractivity contribution in [3.8, 4) is 11.5 Å². The number of aliphatic carboxylic acids is 1. The lowest BCUT2D eigenvalue weighted by atomic mass is 9.93. The van der Waals surface area contributed by atoms with Crippen molar-refractivity contribution in [1.82, 2.24) is 0 Å². The average Bonchev–Trinajstić information content (AvgIpc) is 2.44. The highest BCUT2D eigenvalue weighted by molar-refractivity contribution is 5.95. The first-order chi connectivity index (χ1) is 10.6. The summed E-state index contributed by atoms with van der Waals surface area (Å²) < 4.78 is 15.4. The molecule has 1 aromatic carbocycles. The molecule has 2 atom stereocenters. The number of methoxy groups -OCH3 is 2. The summed E-state index contributed by atoms with van der Waals surface area (Å²) in [6.45, 7) is 4.97. The van der Waals surface area contributed by atoms with Crippen molar-refractivity contribution >= 4 is 11.9 Å². The number of hydrogen-bond acceptors (Lipinski definition) is 6. The largest absolute Gasteiger partial charge is 0.497 e. The predicted molar refractivity (Wildman–Crippen MR) is 83.4 cm³/mol. The molecule has 0 spiro atoms. The molecule has 7 nitrogen and oxygen atoms in total. The predicted octanol–water partition coefficient (Wildman–Crippen LogP) is 1.75. The molecule has 0 aliphatic rings. The van der Waals surface area contributed by atoms with Gasteiger partial charge in [0.25, 0.3) is 0 Å². The van der Waals surface area contributed by atoms with Crippen LogP contribution in [-0.4, -0.2) is 36.9 Å². The SMILES string of the molecule is COc1cc(OC)cc(C(N)[C@H](C(=O)O)C(=O)OC(C)(C)C)c1. The first kappa shape index (κ1) is 18.8. The summed E-state index contributed by atoms with van der Waals surface area (Å²) in [7, 11) is 2.93. The highest BCUT2D eigenvalue weighted by atomic mass is 16.6. The number of carboxylic acid groups (broad SMARTS) is 1.